The number of hydrogen-bond donors (Lipinski definition) is 1. The number of hydrogen-bond acceptors (Lipinski definition) is 3. The Hall–Kier alpha value is -1.77. The van der Waals surface area contributed by atoms with Gasteiger partial charge in [0.1, 0.15) is 6.04 Å². The average molecular weight is 253 g/mol. The zero-order valence-corrected chi connectivity index (χ0v) is 10.8. The van der Waals surface area contributed by atoms with Crippen LogP contribution >= 0.6 is 0 Å². The Morgan fingerprint density at radius 2 is 2.28 bits per heavy atom. The summed E-state index contributed by atoms with van der Waals surface area (Å²) in [5, 5.41) is 17.8. The van der Waals surface area contributed by atoms with Gasteiger partial charge in [0.15, 0.2) is 0 Å². The summed E-state index contributed by atoms with van der Waals surface area (Å²) in [5.41, 5.74) is 0. The van der Waals surface area contributed by atoms with Crippen LogP contribution in [0.15, 0.2) is 0 Å². The lowest BCUT2D eigenvalue weighted by Crippen LogP contribution is -2.49. The fourth-order valence-corrected chi connectivity index (χ4v) is 2.15. The minimum atomic E-state index is -0.953. The highest BCUT2D eigenvalue weighted by molar-refractivity contribution is 5.83. The number of urea groups is 1. The Morgan fingerprint density at radius 3 is 2.78 bits per heavy atom. The molecule has 6 heteroatoms. The van der Waals surface area contributed by atoms with Crippen LogP contribution in [0.1, 0.15) is 26.7 Å². The van der Waals surface area contributed by atoms with Gasteiger partial charge in [0.05, 0.1) is 12.0 Å². The fraction of sp³-hybridized carbons (Fsp3) is 0.750. The van der Waals surface area contributed by atoms with Crippen molar-refractivity contribution in [3.63, 3.8) is 0 Å². The van der Waals surface area contributed by atoms with Crippen molar-refractivity contribution in [2.75, 3.05) is 19.6 Å². The second kappa shape index (κ2) is 6.24. The third-order valence-electron chi connectivity index (χ3n) is 3.15. The molecule has 0 aromatic carbocycles. The van der Waals surface area contributed by atoms with E-state index in [0.717, 1.165) is 0 Å². The van der Waals surface area contributed by atoms with Gasteiger partial charge in [-0.1, -0.05) is 0 Å². The van der Waals surface area contributed by atoms with E-state index in [1.807, 2.05) is 6.92 Å². The van der Waals surface area contributed by atoms with Crippen molar-refractivity contribution in [1.82, 2.24) is 9.80 Å². The lowest BCUT2D eigenvalue weighted by atomic mass is 10.2. The van der Waals surface area contributed by atoms with Crippen molar-refractivity contribution in [3.8, 4) is 6.07 Å². The molecule has 100 valence electrons. The van der Waals surface area contributed by atoms with Crippen molar-refractivity contribution in [1.29, 1.82) is 5.26 Å². The Balaban J connectivity index is 2.72. The number of carbonyl (C=O) groups excluding carboxylic acids is 1. The number of nitrogens with zero attached hydrogens (tertiary/aromatic N) is 3. The molecule has 1 aliphatic heterocycles. The monoisotopic (exact) mass is 253 g/mol. The second-order valence-electron chi connectivity index (χ2n) is 4.54. The van der Waals surface area contributed by atoms with E-state index in [1.165, 1.54) is 9.80 Å². The molecule has 1 fully saturated rings. The van der Waals surface area contributed by atoms with Gasteiger partial charge in [-0.2, -0.15) is 5.26 Å². The van der Waals surface area contributed by atoms with Crippen LogP contribution in [0.25, 0.3) is 0 Å². The smallest absolute Gasteiger partial charge is 0.326 e. The molecule has 0 bridgehead atoms. The largest absolute Gasteiger partial charge is 0.480 e. The Labute approximate surface area is 107 Å². The number of rotatable bonds is 4. The van der Waals surface area contributed by atoms with Gasteiger partial charge in [-0.3, -0.25) is 0 Å². The first-order valence-electron chi connectivity index (χ1n) is 6.19. The van der Waals surface area contributed by atoms with Crippen molar-refractivity contribution in [3.05, 3.63) is 0 Å². The van der Waals surface area contributed by atoms with Gasteiger partial charge >= 0.3 is 12.0 Å². The van der Waals surface area contributed by atoms with E-state index in [1.54, 1.807) is 6.92 Å². The molecule has 1 N–H and O–H groups in total. The van der Waals surface area contributed by atoms with Crippen LogP contribution in [-0.4, -0.2) is 52.6 Å². The Bertz CT molecular complexity index is 364. The maximum atomic E-state index is 12.2. The number of aliphatic carboxylic acids is 1. The first-order chi connectivity index (χ1) is 8.51. The summed E-state index contributed by atoms with van der Waals surface area (Å²) in [6.45, 7) is 4.87. The summed E-state index contributed by atoms with van der Waals surface area (Å²) >= 11 is 0. The molecule has 1 saturated heterocycles. The van der Waals surface area contributed by atoms with Crippen LogP contribution < -0.4 is 0 Å². The highest BCUT2D eigenvalue weighted by atomic mass is 16.4. The second-order valence-corrected chi connectivity index (χ2v) is 4.54. The van der Waals surface area contributed by atoms with Crippen molar-refractivity contribution in [2.24, 2.45) is 5.92 Å². The van der Waals surface area contributed by atoms with Crippen LogP contribution in [-0.2, 0) is 4.79 Å². The van der Waals surface area contributed by atoms with E-state index in [-0.39, 0.29) is 11.9 Å². The summed E-state index contributed by atoms with van der Waals surface area (Å²) in [6, 6.07) is 1.09. The molecule has 0 saturated carbocycles. The molecule has 2 amide bonds. The fourth-order valence-electron chi connectivity index (χ4n) is 2.15. The molecule has 0 aliphatic carbocycles. The minimum absolute atomic E-state index is 0.250. The van der Waals surface area contributed by atoms with Gasteiger partial charge in [-0.15, -0.1) is 0 Å². The highest BCUT2D eigenvalue weighted by Gasteiger charge is 2.36. The van der Waals surface area contributed by atoms with Gasteiger partial charge in [0.25, 0.3) is 0 Å². The van der Waals surface area contributed by atoms with Crippen molar-refractivity contribution >= 4 is 12.0 Å². The van der Waals surface area contributed by atoms with E-state index in [9.17, 15) is 9.59 Å². The standard InChI is InChI=1S/C12H19N3O3/c1-3-14(8-9(2)7-13)12(18)15-6-4-5-10(15)11(16)17/h9-10H,3-6,8H2,1-2H3,(H,16,17). The molecule has 1 aliphatic rings. The molecule has 0 aromatic rings. The normalized spacial score (nSPS) is 20.3. The third-order valence-corrected chi connectivity index (χ3v) is 3.15. The van der Waals surface area contributed by atoms with Gasteiger partial charge < -0.3 is 14.9 Å². The van der Waals surface area contributed by atoms with Crippen LogP contribution in [0.2, 0.25) is 0 Å². The van der Waals surface area contributed by atoms with Crippen molar-refractivity contribution in [2.45, 2.75) is 32.7 Å². The number of likely N-dealkylation sites (tertiary alicyclic amines) is 1. The van der Waals surface area contributed by atoms with E-state index in [2.05, 4.69) is 6.07 Å². The van der Waals surface area contributed by atoms with E-state index in [4.69, 9.17) is 10.4 Å². The van der Waals surface area contributed by atoms with Gasteiger partial charge in [-0.25, -0.2) is 9.59 Å². The van der Waals surface area contributed by atoms with E-state index in [0.29, 0.717) is 32.5 Å². The Morgan fingerprint density at radius 1 is 1.61 bits per heavy atom. The molecule has 0 spiro atoms. The number of nitriles is 1. The molecule has 2 atom stereocenters. The molecule has 0 aromatic heterocycles. The summed E-state index contributed by atoms with van der Waals surface area (Å²) in [6.07, 6.45) is 1.22. The van der Waals surface area contributed by atoms with Crippen LogP contribution in [0.5, 0.6) is 0 Å². The molecule has 1 rings (SSSR count). The highest BCUT2D eigenvalue weighted by Crippen LogP contribution is 2.19. The SMILES string of the molecule is CCN(CC(C)C#N)C(=O)N1CCCC1C(=O)O. The molecule has 2 unspecified atom stereocenters. The molecule has 0 radical (unpaired) electrons. The molecular formula is C12H19N3O3. The molecular weight excluding hydrogens is 234 g/mol. The molecule has 1 heterocycles. The zero-order valence-electron chi connectivity index (χ0n) is 10.8. The average Bonchev–Trinajstić information content (AvgIpc) is 2.83. The first-order valence-corrected chi connectivity index (χ1v) is 6.19. The predicted octanol–water partition coefficient (Wildman–Crippen LogP) is 1.14. The van der Waals surface area contributed by atoms with Crippen LogP contribution in [0, 0.1) is 17.2 Å². The summed E-state index contributed by atoms with van der Waals surface area (Å²) in [4.78, 5) is 26.2. The van der Waals surface area contributed by atoms with Gasteiger partial charge in [0.2, 0.25) is 0 Å². The number of carboxylic acids is 1. The zero-order chi connectivity index (χ0) is 13.7. The van der Waals surface area contributed by atoms with Gasteiger partial charge in [0, 0.05) is 19.6 Å². The molecule has 18 heavy (non-hydrogen) atoms. The molecule has 6 nitrogen and oxygen atoms in total. The number of carbonyl (C=O) groups is 2. The summed E-state index contributed by atoms with van der Waals surface area (Å²) in [7, 11) is 0. The predicted molar refractivity (Wildman–Crippen MR) is 64.8 cm³/mol. The third kappa shape index (κ3) is 3.13. The van der Waals surface area contributed by atoms with Crippen LogP contribution in [0.3, 0.4) is 0 Å². The maximum absolute atomic E-state index is 12.2. The van der Waals surface area contributed by atoms with Crippen molar-refractivity contribution < 1.29 is 14.7 Å². The quantitative estimate of drug-likeness (QED) is 0.814. The summed E-state index contributed by atoms with van der Waals surface area (Å²) < 4.78 is 0. The number of amides is 2. The minimum Gasteiger partial charge on any atom is -0.480 e. The first kappa shape index (κ1) is 14.3. The maximum Gasteiger partial charge on any atom is 0.326 e. The summed E-state index contributed by atoms with van der Waals surface area (Å²) in [5.74, 6) is -1.20. The van der Waals surface area contributed by atoms with E-state index < -0.39 is 12.0 Å². The Kier molecular flexibility index (Phi) is 4.95. The van der Waals surface area contributed by atoms with Gasteiger partial charge in [-0.05, 0) is 26.7 Å². The number of carboxylic acid groups (broad SMARTS) is 1. The lowest BCUT2D eigenvalue weighted by Gasteiger charge is -2.30. The lowest BCUT2D eigenvalue weighted by molar-refractivity contribution is -0.141. The van der Waals surface area contributed by atoms with Crippen LogP contribution in [0.4, 0.5) is 4.79 Å². The topological polar surface area (TPSA) is 84.6 Å². The van der Waals surface area contributed by atoms with E-state index >= 15 is 0 Å².